The second kappa shape index (κ2) is 7.96. The van der Waals surface area contributed by atoms with Crippen molar-refractivity contribution in [3.63, 3.8) is 0 Å². The van der Waals surface area contributed by atoms with Crippen LogP contribution in [0.25, 0.3) is 11.0 Å². The molecule has 5 heteroatoms. The molecule has 0 fully saturated rings. The molecule has 0 saturated heterocycles. The van der Waals surface area contributed by atoms with E-state index in [2.05, 4.69) is 20.6 Å². The standard InChI is InChI=1S/C23H22N4O/c1-16-8-2-4-10-18(16)26-23(28)27-19-11-5-3-9-17(19)14-15-22-24-20-12-6-7-13-21(20)25-22/h2-13H,14-15H2,1H3,(H,24,25)(H2,26,27,28). The maximum Gasteiger partial charge on any atom is 0.323 e. The monoisotopic (exact) mass is 370 g/mol. The van der Waals surface area contributed by atoms with Crippen molar-refractivity contribution in [1.29, 1.82) is 0 Å². The van der Waals surface area contributed by atoms with Crippen molar-refractivity contribution in [2.75, 3.05) is 10.6 Å². The van der Waals surface area contributed by atoms with Crippen LogP contribution in [0.2, 0.25) is 0 Å². The van der Waals surface area contributed by atoms with Crippen molar-refractivity contribution >= 4 is 28.4 Å². The third-order valence-corrected chi connectivity index (χ3v) is 4.73. The Morgan fingerprint density at radius 2 is 1.54 bits per heavy atom. The average Bonchev–Trinajstić information content (AvgIpc) is 3.12. The molecule has 1 aromatic heterocycles. The van der Waals surface area contributed by atoms with Crippen LogP contribution in [0.5, 0.6) is 0 Å². The molecule has 0 bridgehead atoms. The molecular weight excluding hydrogens is 348 g/mol. The van der Waals surface area contributed by atoms with Crippen LogP contribution in [0.3, 0.4) is 0 Å². The summed E-state index contributed by atoms with van der Waals surface area (Å²) in [6.07, 6.45) is 1.55. The SMILES string of the molecule is Cc1ccccc1NC(=O)Nc1ccccc1CCc1nc2ccccc2[nH]1. The molecule has 28 heavy (non-hydrogen) atoms. The number of benzene rings is 3. The smallest absolute Gasteiger partial charge is 0.323 e. The number of rotatable bonds is 5. The Morgan fingerprint density at radius 1 is 0.857 bits per heavy atom. The zero-order chi connectivity index (χ0) is 19.3. The number of carbonyl (C=O) groups excluding carboxylic acids is 1. The minimum absolute atomic E-state index is 0.245. The van der Waals surface area contributed by atoms with Crippen LogP contribution in [0, 0.1) is 6.92 Å². The van der Waals surface area contributed by atoms with Gasteiger partial charge in [-0.05, 0) is 48.7 Å². The molecule has 0 unspecified atom stereocenters. The maximum atomic E-state index is 12.4. The highest BCUT2D eigenvalue weighted by Gasteiger charge is 2.09. The van der Waals surface area contributed by atoms with E-state index in [-0.39, 0.29) is 6.03 Å². The second-order valence-electron chi connectivity index (χ2n) is 6.75. The molecule has 140 valence electrons. The number of nitrogens with one attached hydrogen (secondary N) is 3. The number of imidazole rings is 1. The molecule has 5 nitrogen and oxygen atoms in total. The van der Waals surface area contributed by atoms with Crippen molar-refractivity contribution in [3.8, 4) is 0 Å². The van der Waals surface area contributed by atoms with Gasteiger partial charge in [-0.3, -0.25) is 0 Å². The summed E-state index contributed by atoms with van der Waals surface area (Å²) >= 11 is 0. The summed E-state index contributed by atoms with van der Waals surface area (Å²) in [4.78, 5) is 20.4. The van der Waals surface area contributed by atoms with Gasteiger partial charge in [-0.2, -0.15) is 0 Å². The van der Waals surface area contributed by atoms with Crippen molar-refractivity contribution in [3.05, 3.63) is 89.7 Å². The fourth-order valence-electron chi connectivity index (χ4n) is 3.23. The van der Waals surface area contributed by atoms with E-state index in [1.54, 1.807) is 0 Å². The molecule has 0 aliphatic rings. The number of fused-ring (bicyclic) bond motifs is 1. The van der Waals surface area contributed by atoms with Gasteiger partial charge in [0.1, 0.15) is 5.82 Å². The number of hydrogen-bond donors (Lipinski definition) is 3. The van der Waals surface area contributed by atoms with Gasteiger partial charge in [0, 0.05) is 17.8 Å². The summed E-state index contributed by atoms with van der Waals surface area (Å²) in [6, 6.07) is 23.3. The summed E-state index contributed by atoms with van der Waals surface area (Å²) in [6.45, 7) is 1.97. The lowest BCUT2D eigenvalue weighted by Gasteiger charge is -2.13. The van der Waals surface area contributed by atoms with Crippen molar-refractivity contribution in [1.82, 2.24) is 9.97 Å². The fourth-order valence-corrected chi connectivity index (χ4v) is 3.23. The van der Waals surface area contributed by atoms with Gasteiger partial charge in [0.15, 0.2) is 0 Å². The number of aromatic amines is 1. The Kier molecular flexibility index (Phi) is 5.06. The number of aryl methyl sites for hydroxylation is 3. The Morgan fingerprint density at radius 3 is 2.36 bits per heavy atom. The van der Waals surface area contributed by atoms with E-state index in [1.807, 2.05) is 79.7 Å². The van der Waals surface area contributed by atoms with Crippen LogP contribution in [0.4, 0.5) is 16.2 Å². The second-order valence-corrected chi connectivity index (χ2v) is 6.75. The van der Waals surface area contributed by atoms with E-state index in [4.69, 9.17) is 0 Å². The van der Waals surface area contributed by atoms with Crippen LogP contribution in [-0.4, -0.2) is 16.0 Å². The third-order valence-electron chi connectivity index (χ3n) is 4.73. The lowest BCUT2D eigenvalue weighted by atomic mass is 10.1. The first-order valence-electron chi connectivity index (χ1n) is 9.34. The van der Waals surface area contributed by atoms with Crippen molar-refractivity contribution in [2.24, 2.45) is 0 Å². The molecule has 3 N–H and O–H groups in total. The highest BCUT2D eigenvalue weighted by molar-refractivity contribution is 6.00. The normalized spacial score (nSPS) is 10.8. The number of anilines is 2. The molecule has 0 atom stereocenters. The molecule has 1 heterocycles. The van der Waals surface area contributed by atoms with Crippen LogP contribution in [-0.2, 0) is 12.8 Å². The average molecular weight is 370 g/mol. The Labute approximate surface area is 163 Å². The topological polar surface area (TPSA) is 69.8 Å². The summed E-state index contributed by atoms with van der Waals surface area (Å²) in [7, 11) is 0. The first-order chi connectivity index (χ1) is 13.7. The third kappa shape index (κ3) is 4.04. The predicted octanol–water partition coefficient (Wildman–Crippen LogP) is 5.30. The van der Waals surface area contributed by atoms with E-state index in [9.17, 15) is 4.79 Å². The number of urea groups is 1. The lowest BCUT2D eigenvalue weighted by molar-refractivity contribution is 0.262. The zero-order valence-corrected chi connectivity index (χ0v) is 15.7. The summed E-state index contributed by atoms with van der Waals surface area (Å²) in [5, 5.41) is 5.88. The van der Waals surface area contributed by atoms with Crippen LogP contribution in [0.15, 0.2) is 72.8 Å². The van der Waals surface area contributed by atoms with Crippen LogP contribution >= 0.6 is 0 Å². The molecule has 3 aromatic carbocycles. The quantitative estimate of drug-likeness (QED) is 0.446. The lowest BCUT2D eigenvalue weighted by Crippen LogP contribution is -2.20. The highest BCUT2D eigenvalue weighted by atomic mass is 16.2. The molecule has 4 aromatic rings. The largest absolute Gasteiger partial charge is 0.342 e. The van der Waals surface area contributed by atoms with Gasteiger partial charge in [-0.15, -0.1) is 0 Å². The van der Waals surface area contributed by atoms with E-state index >= 15 is 0 Å². The van der Waals surface area contributed by atoms with E-state index in [1.165, 1.54) is 0 Å². The Balaban J connectivity index is 1.44. The zero-order valence-electron chi connectivity index (χ0n) is 15.7. The molecule has 4 rings (SSSR count). The van der Waals surface area contributed by atoms with Crippen LogP contribution < -0.4 is 10.6 Å². The number of hydrogen-bond acceptors (Lipinski definition) is 2. The molecule has 0 saturated carbocycles. The number of amides is 2. The van der Waals surface area contributed by atoms with Gasteiger partial charge in [-0.1, -0.05) is 48.5 Å². The predicted molar refractivity (Wildman–Crippen MR) is 114 cm³/mol. The Hall–Kier alpha value is -3.60. The molecule has 0 aliphatic heterocycles. The molecule has 2 amide bonds. The summed E-state index contributed by atoms with van der Waals surface area (Å²) < 4.78 is 0. The number of para-hydroxylation sites is 4. The van der Waals surface area contributed by atoms with Gasteiger partial charge in [0.2, 0.25) is 0 Å². The maximum absolute atomic E-state index is 12.4. The van der Waals surface area contributed by atoms with Gasteiger partial charge in [0.25, 0.3) is 0 Å². The molecule has 0 aliphatic carbocycles. The number of nitrogens with zero attached hydrogens (tertiary/aromatic N) is 1. The first kappa shape index (κ1) is 17.8. The minimum Gasteiger partial charge on any atom is -0.342 e. The van der Waals surface area contributed by atoms with Crippen molar-refractivity contribution in [2.45, 2.75) is 19.8 Å². The van der Waals surface area contributed by atoms with Crippen molar-refractivity contribution < 1.29 is 4.79 Å². The summed E-state index contributed by atoms with van der Waals surface area (Å²) in [5.74, 6) is 0.945. The number of aromatic nitrogens is 2. The van der Waals surface area contributed by atoms with E-state index in [0.717, 1.165) is 52.2 Å². The van der Waals surface area contributed by atoms with E-state index < -0.39 is 0 Å². The van der Waals surface area contributed by atoms with Crippen LogP contribution in [0.1, 0.15) is 17.0 Å². The molecule has 0 radical (unpaired) electrons. The first-order valence-corrected chi connectivity index (χ1v) is 9.34. The van der Waals surface area contributed by atoms with Gasteiger partial charge < -0.3 is 15.6 Å². The van der Waals surface area contributed by atoms with Gasteiger partial charge in [-0.25, -0.2) is 9.78 Å². The van der Waals surface area contributed by atoms with E-state index in [0.29, 0.717) is 0 Å². The molecular formula is C23H22N4O. The number of carbonyl (C=O) groups is 1. The molecule has 0 spiro atoms. The number of H-pyrrole nitrogens is 1. The summed E-state index contributed by atoms with van der Waals surface area (Å²) in [5.41, 5.74) is 5.73. The Bertz CT molecular complexity index is 1080. The highest BCUT2D eigenvalue weighted by Crippen LogP contribution is 2.19. The fraction of sp³-hybridized carbons (Fsp3) is 0.130. The van der Waals surface area contributed by atoms with Gasteiger partial charge >= 0.3 is 6.03 Å². The van der Waals surface area contributed by atoms with Gasteiger partial charge in [0.05, 0.1) is 11.0 Å². The minimum atomic E-state index is -0.245.